The number of aromatic nitrogens is 1. The third-order valence-corrected chi connectivity index (χ3v) is 3.38. The first-order valence-electron chi connectivity index (χ1n) is 6.47. The molecular formula is C14H13Cl2N3O4. The fourth-order valence-corrected chi connectivity index (χ4v) is 2.18. The van der Waals surface area contributed by atoms with Gasteiger partial charge in [-0.25, -0.2) is 4.79 Å². The number of carbonyl (C=O) groups is 2. The van der Waals surface area contributed by atoms with Gasteiger partial charge < -0.3 is 20.3 Å². The molecule has 7 nitrogen and oxygen atoms in total. The molecule has 0 saturated heterocycles. The summed E-state index contributed by atoms with van der Waals surface area (Å²) in [5.74, 6) is -0.628. The molecule has 3 N–H and O–H groups in total. The highest BCUT2D eigenvalue weighted by atomic mass is 35.5. The van der Waals surface area contributed by atoms with E-state index in [9.17, 15) is 9.59 Å². The summed E-state index contributed by atoms with van der Waals surface area (Å²) in [5, 5.41) is 6.42. The number of benzene rings is 1. The van der Waals surface area contributed by atoms with Crippen LogP contribution in [0.3, 0.4) is 0 Å². The highest BCUT2D eigenvalue weighted by molar-refractivity contribution is 6.37. The lowest BCUT2D eigenvalue weighted by molar-refractivity contribution is -0.123. The van der Waals surface area contributed by atoms with Crippen molar-refractivity contribution in [1.82, 2.24) is 5.16 Å². The molecule has 1 heterocycles. The maximum atomic E-state index is 12.1. The number of amides is 1. The smallest absolute Gasteiger partial charge is 0.341 e. The fourth-order valence-electron chi connectivity index (χ4n) is 1.68. The lowest BCUT2D eigenvalue weighted by Gasteiger charge is -2.14. The van der Waals surface area contributed by atoms with Crippen molar-refractivity contribution in [3.63, 3.8) is 0 Å². The lowest BCUT2D eigenvalue weighted by Crippen LogP contribution is -2.30. The summed E-state index contributed by atoms with van der Waals surface area (Å²) in [6.07, 6.45) is -1.09. The van der Waals surface area contributed by atoms with E-state index >= 15 is 0 Å². The van der Waals surface area contributed by atoms with Gasteiger partial charge in [0.05, 0.1) is 16.3 Å². The molecule has 9 heteroatoms. The van der Waals surface area contributed by atoms with Crippen molar-refractivity contribution < 1.29 is 18.8 Å². The molecule has 0 radical (unpaired) electrons. The molecule has 122 valence electrons. The van der Waals surface area contributed by atoms with Crippen LogP contribution in [0.4, 0.5) is 11.5 Å². The maximum absolute atomic E-state index is 12.1. The van der Waals surface area contributed by atoms with Crippen molar-refractivity contribution in [1.29, 1.82) is 0 Å². The monoisotopic (exact) mass is 357 g/mol. The number of nitrogen functional groups attached to an aromatic ring is 1. The minimum absolute atomic E-state index is 0.0144. The van der Waals surface area contributed by atoms with Gasteiger partial charge in [0, 0.05) is 11.1 Å². The van der Waals surface area contributed by atoms with E-state index in [1.165, 1.54) is 25.1 Å². The van der Waals surface area contributed by atoms with Crippen LogP contribution in [-0.2, 0) is 9.53 Å². The van der Waals surface area contributed by atoms with Gasteiger partial charge in [0.1, 0.15) is 5.76 Å². The highest BCUT2D eigenvalue weighted by Gasteiger charge is 2.22. The number of nitrogens with zero attached hydrogens (tertiary/aromatic N) is 1. The van der Waals surface area contributed by atoms with Crippen molar-refractivity contribution >= 4 is 46.6 Å². The summed E-state index contributed by atoms with van der Waals surface area (Å²) in [6, 6.07) is 4.25. The maximum Gasteiger partial charge on any atom is 0.341 e. The van der Waals surface area contributed by atoms with E-state index < -0.39 is 18.0 Å². The minimum Gasteiger partial charge on any atom is -0.449 e. The number of nitrogens with one attached hydrogen (secondary N) is 1. The summed E-state index contributed by atoms with van der Waals surface area (Å²) < 4.78 is 9.88. The second kappa shape index (κ2) is 6.89. The third kappa shape index (κ3) is 4.14. The zero-order chi connectivity index (χ0) is 17.1. The van der Waals surface area contributed by atoms with Crippen LogP contribution in [-0.4, -0.2) is 23.1 Å². The average Bonchev–Trinajstić information content (AvgIpc) is 2.87. The van der Waals surface area contributed by atoms with E-state index in [0.29, 0.717) is 5.76 Å². The van der Waals surface area contributed by atoms with Crippen LogP contribution in [0.25, 0.3) is 0 Å². The number of hydrogen-bond donors (Lipinski definition) is 2. The molecule has 0 fully saturated rings. The van der Waals surface area contributed by atoms with E-state index in [2.05, 4.69) is 10.5 Å². The Balaban J connectivity index is 2.06. The first kappa shape index (κ1) is 17.1. The van der Waals surface area contributed by atoms with Gasteiger partial charge in [-0.05, 0) is 26.0 Å². The number of ether oxygens (including phenoxy) is 1. The van der Waals surface area contributed by atoms with Crippen LogP contribution >= 0.6 is 23.2 Å². The molecular weight excluding hydrogens is 345 g/mol. The van der Waals surface area contributed by atoms with Crippen molar-refractivity contribution in [2.24, 2.45) is 0 Å². The summed E-state index contributed by atoms with van der Waals surface area (Å²) in [5.41, 5.74) is 5.73. The van der Waals surface area contributed by atoms with Crippen molar-refractivity contribution in [2.45, 2.75) is 20.0 Å². The molecule has 0 spiro atoms. The average molecular weight is 358 g/mol. The van der Waals surface area contributed by atoms with Gasteiger partial charge >= 0.3 is 5.97 Å². The van der Waals surface area contributed by atoms with Gasteiger partial charge in [-0.3, -0.25) is 4.79 Å². The van der Waals surface area contributed by atoms with Crippen molar-refractivity contribution in [2.75, 3.05) is 11.1 Å². The molecule has 0 aliphatic carbocycles. The zero-order valence-electron chi connectivity index (χ0n) is 12.2. The third-order valence-electron chi connectivity index (χ3n) is 2.85. The summed E-state index contributed by atoms with van der Waals surface area (Å²) in [6.45, 7) is 3.08. The molecule has 0 aliphatic rings. The first-order valence-corrected chi connectivity index (χ1v) is 7.23. The Morgan fingerprint density at radius 1 is 1.35 bits per heavy atom. The zero-order valence-corrected chi connectivity index (χ0v) is 13.7. The van der Waals surface area contributed by atoms with Crippen molar-refractivity contribution in [3.05, 3.63) is 39.6 Å². The van der Waals surface area contributed by atoms with Crippen LogP contribution in [0.15, 0.2) is 22.7 Å². The van der Waals surface area contributed by atoms with Crippen LogP contribution in [0, 0.1) is 6.92 Å². The topological polar surface area (TPSA) is 107 Å². The molecule has 1 unspecified atom stereocenters. The Bertz CT molecular complexity index is 760. The molecule has 1 amide bonds. The van der Waals surface area contributed by atoms with E-state index in [-0.39, 0.29) is 27.1 Å². The number of aryl methyl sites for hydroxylation is 1. The van der Waals surface area contributed by atoms with Crippen LogP contribution in [0.2, 0.25) is 10.0 Å². The number of halogens is 2. The molecule has 1 aromatic carbocycles. The first-order chi connectivity index (χ1) is 10.8. The molecule has 1 aromatic heterocycles. The SMILES string of the molecule is Cc1cc(NC(=O)C(C)OC(=O)c2cc(Cl)cc(Cl)c2N)no1. The van der Waals surface area contributed by atoms with Gasteiger partial charge in [0.15, 0.2) is 11.9 Å². The Labute approximate surface area is 141 Å². The van der Waals surface area contributed by atoms with Crippen LogP contribution < -0.4 is 11.1 Å². The number of esters is 1. The van der Waals surface area contributed by atoms with Gasteiger partial charge in [-0.1, -0.05) is 28.4 Å². The van der Waals surface area contributed by atoms with Crippen LogP contribution in [0.5, 0.6) is 0 Å². The van der Waals surface area contributed by atoms with E-state index in [1.807, 2.05) is 0 Å². The lowest BCUT2D eigenvalue weighted by atomic mass is 10.2. The van der Waals surface area contributed by atoms with Gasteiger partial charge in [0.2, 0.25) is 0 Å². The minimum atomic E-state index is -1.09. The number of hydrogen-bond acceptors (Lipinski definition) is 6. The highest BCUT2D eigenvalue weighted by Crippen LogP contribution is 2.28. The van der Waals surface area contributed by atoms with E-state index in [1.54, 1.807) is 6.92 Å². The second-order valence-electron chi connectivity index (χ2n) is 4.71. The quantitative estimate of drug-likeness (QED) is 0.643. The Kier molecular flexibility index (Phi) is 5.12. The molecule has 0 bridgehead atoms. The predicted molar refractivity (Wildman–Crippen MR) is 85.6 cm³/mol. The van der Waals surface area contributed by atoms with Gasteiger partial charge in [0.25, 0.3) is 5.91 Å². The van der Waals surface area contributed by atoms with E-state index in [4.69, 9.17) is 38.2 Å². The van der Waals surface area contributed by atoms with Gasteiger partial charge in [-0.2, -0.15) is 0 Å². The van der Waals surface area contributed by atoms with E-state index in [0.717, 1.165) is 0 Å². The van der Waals surface area contributed by atoms with Gasteiger partial charge in [-0.15, -0.1) is 0 Å². The Morgan fingerprint density at radius 3 is 2.65 bits per heavy atom. The number of anilines is 2. The molecule has 2 rings (SSSR count). The normalized spacial score (nSPS) is 11.8. The fraction of sp³-hybridized carbons (Fsp3) is 0.214. The number of nitrogens with two attached hydrogens (primary N) is 1. The summed E-state index contributed by atoms with van der Waals surface area (Å²) in [4.78, 5) is 24.1. The second-order valence-corrected chi connectivity index (χ2v) is 5.55. The molecule has 1 atom stereocenters. The molecule has 0 saturated carbocycles. The summed E-state index contributed by atoms with van der Waals surface area (Å²) in [7, 11) is 0. The predicted octanol–water partition coefficient (Wildman–Crippen LogP) is 3.06. The molecule has 2 aromatic rings. The molecule has 23 heavy (non-hydrogen) atoms. The number of rotatable bonds is 4. The molecule has 0 aliphatic heterocycles. The number of carbonyl (C=O) groups excluding carboxylic acids is 2. The Morgan fingerprint density at radius 2 is 2.04 bits per heavy atom. The largest absolute Gasteiger partial charge is 0.449 e. The summed E-state index contributed by atoms with van der Waals surface area (Å²) >= 11 is 11.7. The standard InChI is InChI=1S/C14H13Cl2N3O4/c1-6-3-11(19-23-6)18-13(20)7(2)22-14(21)9-4-8(15)5-10(16)12(9)17/h3-5,7H,17H2,1-2H3,(H,18,19,20). The Hall–Kier alpha value is -2.25. The van der Waals surface area contributed by atoms with Crippen molar-refractivity contribution in [3.8, 4) is 0 Å². The van der Waals surface area contributed by atoms with Crippen LogP contribution in [0.1, 0.15) is 23.0 Å².